The van der Waals surface area contributed by atoms with E-state index in [2.05, 4.69) is 96.6 Å². The summed E-state index contributed by atoms with van der Waals surface area (Å²) in [6, 6.07) is 8.16. The van der Waals surface area contributed by atoms with Crippen LogP contribution in [0.15, 0.2) is 94.9 Å². The van der Waals surface area contributed by atoms with Crippen molar-refractivity contribution >= 4 is 16.7 Å². The van der Waals surface area contributed by atoms with Gasteiger partial charge in [0.1, 0.15) is 18.2 Å². The second-order valence-electron chi connectivity index (χ2n) is 13.3. The van der Waals surface area contributed by atoms with Gasteiger partial charge in [-0.1, -0.05) is 40.6 Å². The van der Waals surface area contributed by atoms with Crippen molar-refractivity contribution in [2.75, 3.05) is 44.6 Å². The fourth-order valence-electron chi connectivity index (χ4n) is 7.14. The number of aromatic nitrogens is 3. The van der Waals surface area contributed by atoms with Crippen LogP contribution in [0.2, 0.25) is 0 Å². The molecule has 2 aliphatic carbocycles. The molecule has 3 aliphatic rings. The molecular weight excluding hydrogens is 588 g/mol. The maximum Gasteiger partial charge on any atom is 0.137 e. The Balaban J connectivity index is 1.09. The maximum absolute atomic E-state index is 11.8. The van der Waals surface area contributed by atoms with E-state index in [9.17, 15) is 10.0 Å². The SMILES string of the molecule is CC1=CCCC(CNC2=C(C[NH3+])CC(Nc3ncnc4ccc(-c5ccn(CC(CN6CCC(CCO)CC6)N=O)c5)cc34)C=C2)=C1. The molecule has 1 saturated heterocycles. The van der Waals surface area contributed by atoms with Crippen molar-refractivity contribution in [3.8, 4) is 11.1 Å². The van der Waals surface area contributed by atoms with Crippen molar-refractivity contribution < 1.29 is 10.8 Å². The molecule has 3 heterocycles. The van der Waals surface area contributed by atoms with E-state index >= 15 is 0 Å². The molecule has 1 aromatic carbocycles. The first-order valence-electron chi connectivity index (χ1n) is 17.1. The summed E-state index contributed by atoms with van der Waals surface area (Å²) in [4.78, 5) is 23.3. The predicted octanol–water partition coefficient (Wildman–Crippen LogP) is 4.82. The van der Waals surface area contributed by atoms with E-state index in [0.717, 1.165) is 92.6 Å². The summed E-state index contributed by atoms with van der Waals surface area (Å²) in [5.74, 6) is 1.40. The molecule has 0 amide bonds. The molecule has 0 bridgehead atoms. The molecule has 248 valence electrons. The fraction of sp³-hybridized carbons (Fsp3) is 0.459. The van der Waals surface area contributed by atoms with Crippen LogP contribution in [0.3, 0.4) is 0 Å². The molecular formula is C37H49N8O2+. The number of aliphatic hydroxyl groups excluding tert-OH is 1. The fourth-order valence-corrected chi connectivity index (χ4v) is 7.14. The number of hydrogen-bond donors (Lipinski definition) is 4. The summed E-state index contributed by atoms with van der Waals surface area (Å²) in [5, 5.41) is 21.0. The summed E-state index contributed by atoms with van der Waals surface area (Å²) in [5.41, 5.74) is 12.5. The number of nitrogens with zero attached hydrogens (tertiary/aromatic N) is 5. The van der Waals surface area contributed by atoms with Crippen LogP contribution in [0.25, 0.3) is 22.0 Å². The van der Waals surface area contributed by atoms with Crippen LogP contribution in [0, 0.1) is 10.8 Å². The molecule has 6 rings (SSSR count). The largest absolute Gasteiger partial charge is 0.396 e. The number of nitrogens with one attached hydrogen (secondary N) is 2. The van der Waals surface area contributed by atoms with Gasteiger partial charge < -0.3 is 30.9 Å². The molecule has 0 spiro atoms. The van der Waals surface area contributed by atoms with E-state index in [1.54, 1.807) is 6.33 Å². The van der Waals surface area contributed by atoms with E-state index < -0.39 is 0 Å². The molecule has 10 nitrogen and oxygen atoms in total. The lowest BCUT2D eigenvalue weighted by Gasteiger charge is -2.32. The molecule has 3 aromatic rings. The molecule has 6 N–H and O–H groups in total. The van der Waals surface area contributed by atoms with Gasteiger partial charge in [0.15, 0.2) is 0 Å². The number of piperidine rings is 1. The van der Waals surface area contributed by atoms with E-state index in [1.807, 2.05) is 12.3 Å². The zero-order valence-electron chi connectivity index (χ0n) is 27.6. The van der Waals surface area contributed by atoms with Gasteiger partial charge in [0.25, 0.3) is 0 Å². The Hall–Kier alpha value is -4.12. The first-order valence-corrected chi connectivity index (χ1v) is 17.1. The third-order valence-electron chi connectivity index (χ3n) is 9.84. The van der Waals surface area contributed by atoms with E-state index in [0.29, 0.717) is 19.0 Å². The molecule has 0 saturated carbocycles. The summed E-state index contributed by atoms with van der Waals surface area (Å²) >= 11 is 0. The highest BCUT2D eigenvalue weighted by Crippen LogP contribution is 2.29. The molecule has 2 aromatic heterocycles. The van der Waals surface area contributed by atoms with Gasteiger partial charge in [-0.15, -0.1) is 0 Å². The lowest BCUT2D eigenvalue weighted by molar-refractivity contribution is -0.356. The minimum Gasteiger partial charge on any atom is -0.396 e. The number of benzene rings is 1. The Bertz CT molecular complexity index is 1660. The monoisotopic (exact) mass is 637 g/mol. The van der Waals surface area contributed by atoms with Crippen LogP contribution in [0.5, 0.6) is 0 Å². The van der Waals surface area contributed by atoms with Crippen LogP contribution >= 0.6 is 0 Å². The Kier molecular flexibility index (Phi) is 10.9. The number of allylic oxidation sites excluding steroid dienone is 4. The predicted molar refractivity (Wildman–Crippen MR) is 188 cm³/mol. The van der Waals surface area contributed by atoms with Crippen LogP contribution in [-0.2, 0) is 6.54 Å². The zero-order valence-corrected chi connectivity index (χ0v) is 27.6. The highest BCUT2D eigenvalue weighted by molar-refractivity contribution is 5.92. The number of hydrogen-bond acceptors (Lipinski definition) is 8. The van der Waals surface area contributed by atoms with Gasteiger partial charge in [-0.05, 0) is 99.9 Å². The van der Waals surface area contributed by atoms with Crippen LogP contribution in [0.4, 0.5) is 5.82 Å². The van der Waals surface area contributed by atoms with Gasteiger partial charge in [0.05, 0.1) is 18.1 Å². The average Bonchev–Trinajstić information content (AvgIpc) is 3.57. The van der Waals surface area contributed by atoms with Gasteiger partial charge in [-0.2, -0.15) is 4.91 Å². The Labute approximate surface area is 277 Å². The molecule has 2 unspecified atom stereocenters. The Morgan fingerprint density at radius 3 is 2.81 bits per heavy atom. The average molecular weight is 638 g/mol. The Morgan fingerprint density at radius 2 is 2.02 bits per heavy atom. The third-order valence-corrected chi connectivity index (χ3v) is 9.84. The number of rotatable bonds is 14. The van der Waals surface area contributed by atoms with Crippen molar-refractivity contribution in [1.82, 2.24) is 24.8 Å². The van der Waals surface area contributed by atoms with Crippen molar-refractivity contribution in [2.24, 2.45) is 11.1 Å². The summed E-state index contributed by atoms with van der Waals surface area (Å²) in [7, 11) is 0. The zero-order chi connectivity index (χ0) is 32.6. The van der Waals surface area contributed by atoms with Crippen molar-refractivity contribution in [3.05, 3.63) is 94.6 Å². The summed E-state index contributed by atoms with van der Waals surface area (Å²) in [6.45, 7) is 7.17. The highest BCUT2D eigenvalue weighted by atomic mass is 16.3. The molecule has 0 radical (unpaired) electrons. The lowest BCUT2D eigenvalue weighted by Crippen LogP contribution is -2.52. The van der Waals surface area contributed by atoms with Gasteiger partial charge in [0.2, 0.25) is 0 Å². The van der Waals surface area contributed by atoms with Gasteiger partial charge >= 0.3 is 0 Å². The van der Waals surface area contributed by atoms with E-state index in [-0.39, 0.29) is 18.7 Å². The summed E-state index contributed by atoms with van der Waals surface area (Å²) < 4.78 is 2.07. The highest BCUT2D eigenvalue weighted by Gasteiger charge is 2.23. The molecule has 2 atom stereocenters. The first kappa shape index (κ1) is 32.8. The maximum atomic E-state index is 11.8. The quantitative estimate of drug-likeness (QED) is 0.186. The van der Waals surface area contributed by atoms with Gasteiger partial charge in [-0.25, -0.2) is 9.97 Å². The van der Waals surface area contributed by atoms with E-state index in [1.165, 1.54) is 22.4 Å². The van der Waals surface area contributed by atoms with Crippen LogP contribution < -0.4 is 16.4 Å². The first-order chi connectivity index (χ1) is 23.0. The number of likely N-dealkylation sites (tertiary alicyclic amines) is 1. The molecule has 1 fully saturated rings. The van der Waals surface area contributed by atoms with Crippen LogP contribution in [0.1, 0.15) is 45.4 Å². The van der Waals surface area contributed by atoms with E-state index in [4.69, 9.17) is 0 Å². The van der Waals surface area contributed by atoms with Crippen LogP contribution in [-0.4, -0.2) is 76.0 Å². The molecule has 10 heteroatoms. The topological polar surface area (TPSA) is 135 Å². The standard InChI is InChI=1S/C37H48N8O2/c1-26-3-2-4-28(17-26)21-39-35-8-6-32(18-31(35)20-38)42-37-34-19-29(5-7-36(34)40-25-41-37)30-11-15-45(22-30)24-33(43-47)23-44-13-9-27(10-14-44)12-16-46/h3,5-8,11,15,17,19,22,25,27,32-33,39,46H,2,4,9-10,12-14,16,18,20-21,23-24,38H2,1H3,(H,40,41,42)/p+1. The van der Waals surface area contributed by atoms with Crippen molar-refractivity contribution in [3.63, 3.8) is 0 Å². The number of quaternary nitrogens is 1. The number of anilines is 1. The number of fused-ring (bicyclic) bond motifs is 1. The van der Waals surface area contributed by atoms with Crippen molar-refractivity contribution in [1.29, 1.82) is 0 Å². The van der Waals surface area contributed by atoms with Gasteiger partial charge in [-0.3, -0.25) is 0 Å². The Morgan fingerprint density at radius 1 is 1.15 bits per heavy atom. The molecule has 47 heavy (non-hydrogen) atoms. The summed E-state index contributed by atoms with van der Waals surface area (Å²) in [6.07, 6.45) is 20.8. The third kappa shape index (κ3) is 8.43. The van der Waals surface area contributed by atoms with Gasteiger partial charge in [0, 0.05) is 55.3 Å². The van der Waals surface area contributed by atoms with Crippen molar-refractivity contribution in [2.45, 2.75) is 64.1 Å². The smallest absolute Gasteiger partial charge is 0.137 e. The number of nitroso groups, excluding NO2 is 1. The normalized spacial score (nSPS) is 19.9. The minimum atomic E-state index is -0.312. The second-order valence-corrected chi connectivity index (χ2v) is 13.3. The second kappa shape index (κ2) is 15.6. The number of aliphatic hydroxyl groups is 1. The lowest BCUT2D eigenvalue weighted by atomic mass is 9.94. The molecule has 1 aliphatic heterocycles. The minimum absolute atomic E-state index is 0.104.